The number of benzene rings is 1. The molecule has 2 heterocycles. The van der Waals surface area contributed by atoms with Gasteiger partial charge in [-0.2, -0.15) is 0 Å². The summed E-state index contributed by atoms with van der Waals surface area (Å²) < 4.78 is 3.02. The Labute approximate surface area is 182 Å². The number of hydrogen-bond acceptors (Lipinski definition) is 3. The van der Waals surface area contributed by atoms with Gasteiger partial charge in [-0.25, -0.2) is 4.68 Å². The van der Waals surface area contributed by atoms with E-state index in [9.17, 15) is 4.79 Å². The van der Waals surface area contributed by atoms with Crippen molar-refractivity contribution in [3.8, 4) is 5.69 Å². The van der Waals surface area contributed by atoms with E-state index in [1.165, 1.54) is 0 Å². The Morgan fingerprint density at radius 1 is 1.28 bits per heavy atom. The lowest BCUT2D eigenvalue weighted by atomic mass is 9.83. The zero-order valence-electron chi connectivity index (χ0n) is 18.2. The zero-order valence-corrected chi connectivity index (χ0v) is 20.8. The van der Waals surface area contributed by atoms with Crippen LogP contribution in [0.3, 0.4) is 0 Å². The van der Waals surface area contributed by atoms with E-state index in [1.807, 2.05) is 16.8 Å². The van der Waals surface area contributed by atoms with Crippen molar-refractivity contribution in [3.63, 3.8) is 0 Å². The first-order valence-electron chi connectivity index (χ1n) is 10.4. The quantitative estimate of drug-likeness (QED) is 0.576. The van der Waals surface area contributed by atoms with Crippen LogP contribution in [0.5, 0.6) is 0 Å². The van der Waals surface area contributed by atoms with Gasteiger partial charge >= 0.3 is 0 Å². The number of aromatic nitrogens is 2. The summed E-state index contributed by atoms with van der Waals surface area (Å²) in [5, 5.41) is 11.6. The highest BCUT2D eigenvalue weighted by Crippen LogP contribution is 2.56. The minimum absolute atomic E-state index is 0.170. The Bertz CT molecular complexity index is 965. The molecule has 156 valence electrons. The normalized spacial score (nSPS) is 19.6. The Balaban J connectivity index is 1.80. The average molecular weight is 476 g/mol. The summed E-state index contributed by atoms with van der Waals surface area (Å²) in [7, 11) is -1.64. The lowest BCUT2D eigenvalue weighted by Gasteiger charge is -2.48. The summed E-state index contributed by atoms with van der Waals surface area (Å²) in [5.41, 5.74) is 4.18. The maximum Gasteiger partial charge on any atom is 0.229 e. The summed E-state index contributed by atoms with van der Waals surface area (Å²) in [6.45, 7) is 14.1. The molecule has 1 aromatic carbocycles. The van der Waals surface area contributed by atoms with Crippen LogP contribution >= 0.6 is 15.9 Å². The molecule has 0 radical (unpaired) electrons. The van der Waals surface area contributed by atoms with Crippen molar-refractivity contribution < 1.29 is 4.79 Å². The first-order chi connectivity index (χ1) is 13.5. The number of carbonyl (C=O) groups is 1. The van der Waals surface area contributed by atoms with Crippen molar-refractivity contribution in [2.24, 2.45) is 0 Å². The minimum atomic E-state index is -1.64. The van der Waals surface area contributed by atoms with E-state index < -0.39 is 8.07 Å². The molecule has 2 aliphatic rings. The van der Waals surface area contributed by atoms with E-state index in [1.54, 1.807) is 0 Å². The van der Waals surface area contributed by atoms with Gasteiger partial charge in [0.2, 0.25) is 5.91 Å². The monoisotopic (exact) mass is 474 g/mol. The number of hydrogen-bond donors (Lipinski definition) is 2. The third-order valence-electron chi connectivity index (χ3n) is 6.99. The van der Waals surface area contributed by atoms with Gasteiger partial charge in [-0.3, -0.25) is 4.79 Å². The third-order valence-corrected chi connectivity index (χ3v) is 11.2. The summed E-state index contributed by atoms with van der Waals surface area (Å²) in [4.78, 5) is 13.4. The van der Waals surface area contributed by atoms with Gasteiger partial charge in [0, 0.05) is 21.6 Å². The first-order valence-corrected chi connectivity index (χ1v) is 14.7. The Morgan fingerprint density at radius 2 is 1.97 bits per heavy atom. The molecule has 0 bridgehead atoms. The predicted octanol–water partition coefficient (Wildman–Crippen LogP) is 5.48. The number of aryl methyl sites for hydroxylation is 1. The number of nitrogens with one attached hydrogen (secondary N) is 2. The smallest absolute Gasteiger partial charge is 0.229 e. The fraction of sp³-hybridized carbons (Fsp3) is 0.545. The van der Waals surface area contributed by atoms with E-state index >= 15 is 0 Å². The van der Waals surface area contributed by atoms with Gasteiger partial charge in [0.25, 0.3) is 0 Å². The molecule has 5 nitrogen and oxygen atoms in total. The molecule has 7 heteroatoms. The first kappa shape index (κ1) is 20.8. The van der Waals surface area contributed by atoms with Crippen LogP contribution in [-0.2, 0) is 16.9 Å². The lowest BCUT2D eigenvalue weighted by Crippen LogP contribution is -2.52. The van der Waals surface area contributed by atoms with Crippen LogP contribution in [0, 0.1) is 6.92 Å². The highest BCUT2D eigenvalue weighted by atomic mass is 79.9. The second kappa shape index (κ2) is 6.79. The van der Waals surface area contributed by atoms with Gasteiger partial charge in [-0.05, 0) is 61.2 Å². The van der Waals surface area contributed by atoms with Crippen LogP contribution < -0.4 is 10.6 Å². The summed E-state index contributed by atoms with van der Waals surface area (Å²) >= 11 is 3.70. The molecule has 0 spiro atoms. The van der Waals surface area contributed by atoms with Crippen LogP contribution in [-0.4, -0.2) is 23.8 Å². The van der Waals surface area contributed by atoms with Crippen molar-refractivity contribution >= 4 is 35.7 Å². The molecular weight excluding hydrogens is 444 g/mol. The second-order valence-electron chi connectivity index (χ2n) is 10.1. The van der Waals surface area contributed by atoms with E-state index in [4.69, 9.17) is 5.10 Å². The average Bonchev–Trinajstić information content (AvgIpc) is 3.04. The van der Waals surface area contributed by atoms with Crippen LogP contribution in [0.15, 0.2) is 22.7 Å². The van der Waals surface area contributed by atoms with Gasteiger partial charge in [0.05, 0.1) is 25.0 Å². The van der Waals surface area contributed by atoms with Crippen molar-refractivity contribution in [2.45, 2.75) is 76.8 Å². The van der Waals surface area contributed by atoms with Crippen LogP contribution in [0.25, 0.3) is 5.69 Å². The lowest BCUT2D eigenvalue weighted by molar-refractivity contribution is -0.121. The van der Waals surface area contributed by atoms with Crippen LogP contribution in [0.2, 0.25) is 24.7 Å². The molecule has 1 aromatic heterocycles. The number of rotatable bonds is 4. The fourth-order valence-corrected chi connectivity index (χ4v) is 8.11. The molecule has 1 aliphatic heterocycles. The van der Waals surface area contributed by atoms with E-state index in [2.05, 4.69) is 73.0 Å². The predicted molar refractivity (Wildman–Crippen MR) is 124 cm³/mol. The largest absolute Gasteiger partial charge is 0.309 e. The van der Waals surface area contributed by atoms with Crippen LogP contribution in [0.4, 0.5) is 5.82 Å². The van der Waals surface area contributed by atoms with Gasteiger partial charge in [0.15, 0.2) is 5.82 Å². The molecule has 1 fully saturated rings. The summed E-state index contributed by atoms with van der Waals surface area (Å²) in [6.07, 6.45) is 3.16. The Morgan fingerprint density at radius 3 is 2.52 bits per heavy atom. The molecule has 2 aromatic rings. The van der Waals surface area contributed by atoms with Crippen molar-refractivity contribution in [3.05, 3.63) is 39.5 Å². The molecule has 1 aliphatic carbocycles. The Hall–Kier alpha value is -1.44. The summed E-state index contributed by atoms with van der Waals surface area (Å²) in [6, 6.07) is 6.17. The van der Waals surface area contributed by atoms with Crippen molar-refractivity contribution in [1.29, 1.82) is 0 Å². The number of anilines is 1. The molecular formula is C22H31BrN4OSi. The standard InChI is InChI=1S/C22H31BrN4OSi/c1-14-9-7-10-16(23)17(14)27-18-15(13-24-21(18,2)3)19(26-27)25-20(28)22(11-8-12-22)29(4,5)6/h7,9-10,24H,8,11-13H2,1-6H3,(H,25,26,28). The highest BCUT2D eigenvalue weighted by Gasteiger charge is 2.54. The highest BCUT2D eigenvalue weighted by molar-refractivity contribution is 9.10. The van der Waals surface area contributed by atoms with Crippen molar-refractivity contribution in [1.82, 2.24) is 15.1 Å². The molecule has 1 saturated carbocycles. The Kier molecular flexibility index (Phi) is 4.87. The SMILES string of the molecule is Cc1cccc(Br)c1-n1nc(NC(=O)C2([Si](C)(C)C)CCC2)c2c1C(C)(C)NC2. The molecule has 29 heavy (non-hydrogen) atoms. The van der Waals surface area contributed by atoms with Gasteiger partial charge in [-0.15, -0.1) is 5.10 Å². The van der Waals surface area contributed by atoms with Gasteiger partial charge in [-0.1, -0.05) is 38.2 Å². The number of nitrogens with zero attached hydrogens (tertiary/aromatic N) is 2. The molecule has 1 amide bonds. The molecule has 4 rings (SSSR count). The van der Waals surface area contributed by atoms with Crippen molar-refractivity contribution in [2.75, 3.05) is 5.32 Å². The van der Waals surface area contributed by atoms with E-state index in [-0.39, 0.29) is 16.5 Å². The fourth-order valence-electron chi connectivity index (χ4n) is 4.88. The maximum absolute atomic E-state index is 13.4. The molecule has 0 unspecified atom stereocenters. The maximum atomic E-state index is 13.4. The van der Waals surface area contributed by atoms with Gasteiger partial charge in [0.1, 0.15) is 0 Å². The second-order valence-corrected chi connectivity index (χ2v) is 16.4. The zero-order chi connectivity index (χ0) is 21.2. The molecule has 0 saturated heterocycles. The number of para-hydroxylation sites is 1. The number of fused-ring (bicyclic) bond motifs is 1. The summed E-state index contributed by atoms with van der Waals surface area (Å²) in [5.74, 6) is 0.881. The number of amides is 1. The number of carbonyl (C=O) groups excluding carboxylic acids is 1. The molecule has 0 atom stereocenters. The van der Waals surface area contributed by atoms with Gasteiger partial charge < -0.3 is 10.6 Å². The number of halogens is 1. The van der Waals surface area contributed by atoms with E-state index in [0.717, 1.165) is 46.2 Å². The van der Waals surface area contributed by atoms with E-state index in [0.29, 0.717) is 12.4 Å². The van der Waals surface area contributed by atoms with Crippen LogP contribution in [0.1, 0.15) is 49.9 Å². The third kappa shape index (κ3) is 3.13. The minimum Gasteiger partial charge on any atom is -0.309 e. The molecule has 2 N–H and O–H groups in total. The topological polar surface area (TPSA) is 59.0 Å².